The second kappa shape index (κ2) is 12.3. The first kappa shape index (κ1) is 22.9. The van der Waals surface area contributed by atoms with Crippen molar-refractivity contribution < 1.29 is 13.8 Å². The first-order valence-electron chi connectivity index (χ1n) is 8.87. The fraction of sp³-hybridized carbons (Fsp3) is 0.273. The Morgan fingerprint density at radius 3 is 2.00 bits per heavy atom. The molecule has 0 saturated carbocycles. The van der Waals surface area contributed by atoms with Crippen LogP contribution in [0.15, 0.2) is 54.6 Å². The number of carbonyl (C=O) groups excluding carboxylic acids is 1. The maximum Gasteiger partial charge on any atom is 0.280 e. The standard InChI is InChI=1S/C16H12NS2.C3H8.C2H5F.CH2O/c1-17-12-7-3-5-9-14(12)19-16(17)15-10-11-6-2-4-8-13(11)18-15;1-3-2;1-2-3;1-2/h2-10H,1H3;3H2,1-2H3;2H2,1H3;1H2/q+1;;;. The van der Waals surface area contributed by atoms with E-state index in [1.54, 1.807) is 0 Å². The molecule has 0 unspecified atom stereocenters. The van der Waals surface area contributed by atoms with E-state index in [1.807, 2.05) is 29.5 Å². The fourth-order valence-corrected chi connectivity index (χ4v) is 4.75. The van der Waals surface area contributed by atoms with Gasteiger partial charge in [-0.1, -0.05) is 61.9 Å². The highest BCUT2D eigenvalue weighted by Gasteiger charge is 2.19. The highest BCUT2D eigenvalue weighted by atomic mass is 32.1. The summed E-state index contributed by atoms with van der Waals surface area (Å²) in [7, 11) is 2.15. The Labute approximate surface area is 168 Å². The second-order valence-corrected chi connectivity index (χ2v) is 7.67. The molecule has 2 nitrogen and oxygen atoms in total. The number of benzene rings is 2. The maximum atomic E-state index is 10.3. The summed E-state index contributed by atoms with van der Waals surface area (Å²) in [6.07, 6.45) is 1.25. The third kappa shape index (κ3) is 5.94. The van der Waals surface area contributed by atoms with Crippen molar-refractivity contribution in [3.05, 3.63) is 54.6 Å². The lowest BCUT2D eigenvalue weighted by molar-refractivity contribution is -0.629. The molecule has 0 aliphatic heterocycles. The zero-order valence-corrected chi connectivity index (χ0v) is 18.0. The van der Waals surface area contributed by atoms with Crippen molar-refractivity contribution in [2.24, 2.45) is 7.05 Å². The molecule has 144 valence electrons. The average Bonchev–Trinajstić information content (AvgIpc) is 3.26. The summed E-state index contributed by atoms with van der Waals surface area (Å²) in [6.45, 7) is 7.46. The van der Waals surface area contributed by atoms with Crippen LogP contribution in [0.25, 0.3) is 30.2 Å². The van der Waals surface area contributed by atoms with Crippen LogP contribution in [0.2, 0.25) is 0 Å². The number of aryl methyl sites for hydroxylation is 1. The zero-order valence-electron chi connectivity index (χ0n) is 16.4. The number of rotatable bonds is 1. The number of thiophene rings is 1. The zero-order chi connectivity index (χ0) is 20.2. The van der Waals surface area contributed by atoms with Gasteiger partial charge in [0.15, 0.2) is 0 Å². The van der Waals surface area contributed by atoms with Crippen LogP contribution in [0.4, 0.5) is 4.39 Å². The topological polar surface area (TPSA) is 20.9 Å². The van der Waals surface area contributed by atoms with Gasteiger partial charge in [-0.2, -0.15) is 4.57 Å². The van der Waals surface area contributed by atoms with E-state index in [0.29, 0.717) is 0 Å². The Hall–Kier alpha value is -2.11. The molecule has 0 aliphatic rings. The van der Waals surface area contributed by atoms with E-state index in [1.165, 1.54) is 43.5 Å². The summed E-state index contributed by atoms with van der Waals surface area (Å²) in [6, 6.07) is 19.5. The molecule has 0 saturated heterocycles. The van der Waals surface area contributed by atoms with Gasteiger partial charge in [-0.15, -0.1) is 11.3 Å². The van der Waals surface area contributed by atoms with Gasteiger partial charge in [-0.25, -0.2) is 0 Å². The number of fused-ring (bicyclic) bond motifs is 2. The normalized spacial score (nSPS) is 9.52. The number of carbonyl (C=O) groups is 1. The molecule has 0 bridgehead atoms. The Balaban J connectivity index is 0.000000399. The van der Waals surface area contributed by atoms with Crippen molar-refractivity contribution in [3.8, 4) is 9.88 Å². The third-order valence-corrected chi connectivity index (χ3v) is 5.88. The largest absolute Gasteiger partial charge is 0.307 e. The third-order valence-electron chi connectivity index (χ3n) is 3.37. The first-order valence-corrected chi connectivity index (χ1v) is 10.5. The molecule has 4 rings (SSSR count). The van der Waals surface area contributed by atoms with Crippen LogP contribution in [0.5, 0.6) is 0 Å². The predicted octanol–water partition coefficient (Wildman–Crippen LogP) is 6.81. The number of hydrogen-bond donors (Lipinski definition) is 0. The Bertz CT molecular complexity index is 911. The van der Waals surface area contributed by atoms with Gasteiger partial charge in [-0.3, -0.25) is 4.39 Å². The van der Waals surface area contributed by atoms with Crippen LogP contribution in [0.1, 0.15) is 27.2 Å². The van der Waals surface area contributed by atoms with Gasteiger partial charge in [0.1, 0.15) is 23.4 Å². The van der Waals surface area contributed by atoms with Gasteiger partial charge in [-0.05, 0) is 30.5 Å². The van der Waals surface area contributed by atoms with Gasteiger partial charge >= 0.3 is 0 Å². The number of halogens is 1. The van der Waals surface area contributed by atoms with E-state index in [4.69, 9.17) is 4.79 Å². The lowest BCUT2D eigenvalue weighted by Crippen LogP contribution is -2.27. The molecular weight excluding hydrogens is 377 g/mol. The fourth-order valence-electron chi connectivity index (χ4n) is 2.41. The smallest absolute Gasteiger partial charge is 0.280 e. The summed E-state index contributed by atoms with van der Waals surface area (Å²) in [5, 5.41) is 2.67. The highest BCUT2D eigenvalue weighted by Crippen LogP contribution is 2.36. The minimum Gasteiger partial charge on any atom is -0.307 e. The average molecular weight is 405 g/mol. The van der Waals surface area contributed by atoms with Crippen LogP contribution in [-0.2, 0) is 11.8 Å². The van der Waals surface area contributed by atoms with E-state index in [0.717, 1.165) is 0 Å². The monoisotopic (exact) mass is 404 g/mol. The van der Waals surface area contributed by atoms with E-state index in [-0.39, 0.29) is 6.67 Å². The lowest BCUT2D eigenvalue weighted by atomic mass is 10.2. The molecule has 5 heteroatoms. The highest BCUT2D eigenvalue weighted by molar-refractivity contribution is 7.27. The lowest BCUT2D eigenvalue weighted by Gasteiger charge is -1.87. The summed E-state index contributed by atoms with van der Waals surface area (Å²) >= 11 is 3.73. The van der Waals surface area contributed by atoms with Crippen LogP contribution in [0, 0.1) is 0 Å². The second-order valence-electron chi connectivity index (χ2n) is 5.56. The Morgan fingerprint density at radius 2 is 1.44 bits per heavy atom. The van der Waals surface area contributed by atoms with Gasteiger partial charge in [0.25, 0.3) is 5.01 Å². The molecule has 0 N–H and O–H groups in total. The van der Waals surface area contributed by atoms with Gasteiger partial charge in [0, 0.05) is 10.8 Å². The summed E-state index contributed by atoms with van der Waals surface area (Å²) in [4.78, 5) is 9.35. The summed E-state index contributed by atoms with van der Waals surface area (Å²) in [5.41, 5.74) is 1.31. The quantitative estimate of drug-likeness (QED) is 0.319. The minimum absolute atomic E-state index is 0.250. The van der Waals surface area contributed by atoms with E-state index < -0.39 is 0 Å². The molecule has 0 aliphatic carbocycles. The number of hydrogen-bond acceptors (Lipinski definition) is 3. The predicted molar refractivity (Wildman–Crippen MR) is 119 cm³/mol. The van der Waals surface area contributed by atoms with E-state index in [9.17, 15) is 4.39 Å². The van der Waals surface area contributed by atoms with Gasteiger partial charge in [0.2, 0.25) is 5.52 Å². The number of nitrogens with zero attached hydrogens (tertiary/aromatic N) is 1. The number of aromatic nitrogens is 1. The molecule has 2 heterocycles. The maximum absolute atomic E-state index is 10.3. The molecule has 0 radical (unpaired) electrons. The number of alkyl halides is 1. The molecule has 0 atom stereocenters. The SMILES string of the molecule is C=O.CCC.CCF.C[n+]1c(-c2cc3ccccc3s2)sc2ccccc21. The molecule has 0 spiro atoms. The van der Waals surface area contributed by atoms with Gasteiger partial charge in [0.05, 0.1) is 6.67 Å². The van der Waals surface area contributed by atoms with Crippen LogP contribution in [-0.4, -0.2) is 13.5 Å². The summed E-state index contributed by atoms with van der Waals surface area (Å²) < 4.78 is 15.3. The molecule has 2 aromatic heterocycles. The number of thiazole rings is 1. The van der Waals surface area contributed by atoms with E-state index >= 15 is 0 Å². The minimum atomic E-state index is -0.250. The molecule has 0 amide bonds. The van der Waals surface area contributed by atoms with Gasteiger partial charge < -0.3 is 4.79 Å². The van der Waals surface area contributed by atoms with Crippen molar-refractivity contribution in [1.29, 1.82) is 0 Å². The first-order chi connectivity index (χ1) is 13.2. The van der Waals surface area contributed by atoms with Crippen molar-refractivity contribution in [2.75, 3.05) is 6.67 Å². The number of para-hydroxylation sites is 1. The van der Waals surface area contributed by atoms with E-state index in [2.05, 4.69) is 80.1 Å². The summed E-state index contributed by atoms with van der Waals surface area (Å²) in [5.74, 6) is 0. The van der Waals surface area contributed by atoms with Crippen molar-refractivity contribution in [2.45, 2.75) is 27.2 Å². The molecule has 0 fully saturated rings. The Kier molecular flexibility index (Phi) is 10.5. The van der Waals surface area contributed by atoms with Crippen LogP contribution < -0.4 is 4.57 Å². The Morgan fingerprint density at radius 1 is 0.926 bits per heavy atom. The van der Waals surface area contributed by atoms with Crippen LogP contribution >= 0.6 is 22.7 Å². The van der Waals surface area contributed by atoms with Crippen molar-refractivity contribution in [3.63, 3.8) is 0 Å². The van der Waals surface area contributed by atoms with Crippen molar-refractivity contribution >= 4 is 49.8 Å². The molecular formula is C22H27FNOS2+. The van der Waals surface area contributed by atoms with Crippen LogP contribution in [0.3, 0.4) is 0 Å². The van der Waals surface area contributed by atoms with Crippen molar-refractivity contribution in [1.82, 2.24) is 0 Å². The molecule has 27 heavy (non-hydrogen) atoms. The molecule has 4 aromatic rings. The molecule has 2 aromatic carbocycles.